The van der Waals surface area contributed by atoms with Gasteiger partial charge in [0.2, 0.25) is 5.28 Å². The first kappa shape index (κ1) is 12.6. The van der Waals surface area contributed by atoms with Crippen LogP contribution in [0.1, 0.15) is 26.5 Å². The molecule has 1 heterocycles. The normalized spacial score (nSPS) is 13.2. The van der Waals surface area contributed by atoms with E-state index in [9.17, 15) is 0 Å². The Bertz CT molecular complexity index is 355. The second-order valence-corrected chi connectivity index (χ2v) is 5.57. The van der Waals surface area contributed by atoms with Gasteiger partial charge in [0, 0.05) is 5.25 Å². The van der Waals surface area contributed by atoms with Gasteiger partial charge in [0.15, 0.2) is 0 Å². The molecule has 84 valence electrons. The van der Waals surface area contributed by atoms with Gasteiger partial charge in [0.25, 0.3) is 0 Å². The molecular weight excluding hydrogens is 230 g/mol. The van der Waals surface area contributed by atoms with Crippen LogP contribution >= 0.6 is 23.4 Å². The monoisotopic (exact) mass is 245 g/mol. The number of halogens is 1. The summed E-state index contributed by atoms with van der Waals surface area (Å²) in [5.41, 5.74) is 7.28. The van der Waals surface area contributed by atoms with E-state index in [0.29, 0.717) is 16.9 Å². The molecule has 0 radical (unpaired) electrons. The molecule has 3 nitrogen and oxygen atoms in total. The Hall–Kier alpha value is -0.480. The lowest BCUT2D eigenvalue weighted by Gasteiger charge is -2.15. The largest absolute Gasteiger partial charge is 0.395 e. The maximum atomic E-state index is 5.90. The summed E-state index contributed by atoms with van der Waals surface area (Å²) in [6, 6.07) is 0. The van der Waals surface area contributed by atoms with Crippen LogP contribution in [0.4, 0.5) is 5.69 Å². The highest BCUT2D eigenvalue weighted by atomic mass is 35.5. The van der Waals surface area contributed by atoms with Gasteiger partial charge in [-0.25, -0.2) is 9.97 Å². The summed E-state index contributed by atoms with van der Waals surface area (Å²) in [6.07, 6.45) is 0. The minimum absolute atomic E-state index is 0.264. The van der Waals surface area contributed by atoms with Crippen molar-refractivity contribution in [3.05, 3.63) is 11.0 Å². The first-order valence-electron chi connectivity index (χ1n) is 4.88. The lowest BCUT2D eigenvalue weighted by Crippen LogP contribution is -2.08. The second kappa shape index (κ2) is 5.03. The minimum atomic E-state index is 0.264. The highest BCUT2D eigenvalue weighted by molar-refractivity contribution is 8.00. The van der Waals surface area contributed by atoms with Crippen molar-refractivity contribution in [2.45, 2.75) is 38.0 Å². The average molecular weight is 246 g/mol. The predicted molar refractivity (Wildman–Crippen MR) is 66.3 cm³/mol. The number of thioether (sulfide) groups is 1. The highest BCUT2D eigenvalue weighted by Gasteiger charge is 2.14. The molecule has 0 saturated heterocycles. The van der Waals surface area contributed by atoms with Crippen molar-refractivity contribution in [2.75, 3.05) is 5.73 Å². The molecule has 0 bridgehead atoms. The van der Waals surface area contributed by atoms with E-state index in [2.05, 4.69) is 30.7 Å². The van der Waals surface area contributed by atoms with E-state index < -0.39 is 0 Å². The van der Waals surface area contributed by atoms with Gasteiger partial charge in [-0.3, -0.25) is 0 Å². The fourth-order valence-electron chi connectivity index (χ4n) is 0.924. The molecule has 0 aliphatic rings. The van der Waals surface area contributed by atoms with E-state index in [-0.39, 0.29) is 5.28 Å². The summed E-state index contributed by atoms with van der Waals surface area (Å²) >= 11 is 7.44. The van der Waals surface area contributed by atoms with E-state index in [1.54, 1.807) is 11.8 Å². The maximum Gasteiger partial charge on any atom is 0.223 e. The van der Waals surface area contributed by atoms with Crippen molar-refractivity contribution < 1.29 is 0 Å². The number of anilines is 1. The van der Waals surface area contributed by atoms with Crippen LogP contribution in [0.3, 0.4) is 0 Å². The van der Waals surface area contributed by atoms with Gasteiger partial charge in [0.1, 0.15) is 5.03 Å². The van der Waals surface area contributed by atoms with Gasteiger partial charge in [-0.05, 0) is 24.4 Å². The number of rotatable bonds is 3. The SMILES string of the molecule is Cc1nc(Cl)nc(SC(C)C(C)C)c1N. The lowest BCUT2D eigenvalue weighted by molar-refractivity contribution is 0.641. The minimum Gasteiger partial charge on any atom is -0.395 e. The Kier molecular flexibility index (Phi) is 4.22. The zero-order valence-corrected chi connectivity index (χ0v) is 11.0. The third-order valence-electron chi connectivity index (χ3n) is 2.31. The Morgan fingerprint density at radius 2 is 1.87 bits per heavy atom. The fourth-order valence-corrected chi connectivity index (χ4v) is 2.22. The molecule has 0 spiro atoms. The lowest BCUT2D eigenvalue weighted by atomic mass is 10.2. The fraction of sp³-hybridized carbons (Fsp3) is 0.600. The molecule has 2 N–H and O–H groups in total. The number of nitrogen functional groups attached to an aromatic ring is 1. The molecule has 1 rings (SSSR count). The van der Waals surface area contributed by atoms with E-state index in [0.717, 1.165) is 10.7 Å². The molecule has 0 amide bonds. The van der Waals surface area contributed by atoms with Gasteiger partial charge >= 0.3 is 0 Å². The van der Waals surface area contributed by atoms with Crippen molar-refractivity contribution in [1.82, 2.24) is 9.97 Å². The van der Waals surface area contributed by atoms with E-state index in [1.807, 2.05) is 6.92 Å². The Balaban J connectivity index is 2.94. The maximum absolute atomic E-state index is 5.90. The van der Waals surface area contributed by atoms with Crippen LogP contribution in [0.5, 0.6) is 0 Å². The van der Waals surface area contributed by atoms with Crippen molar-refractivity contribution >= 4 is 29.1 Å². The topological polar surface area (TPSA) is 51.8 Å². The number of aryl methyl sites for hydroxylation is 1. The number of hydrogen-bond acceptors (Lipinski definition) is 4. The van der Waals surface area contributed by atoms with Crippen LogP contribution in [-0.2, 0) is 0 Å². The van der Waals surface area contributed by atoms with Crippen LogP contribution in [0, 0.1) is 12.8 Å². The highest BCUT2D eigenvalue weighted by Crippen LogP contribution is 2.32. The third kappa shape index (κ3) is 3.24. The molecule has 5 heteroatoms. The summed E-state index contributed by atoms with van der Waals surface area (Å²) in [6.45, 7) is 8.33. The van der Waals surface area contributed by atoms with E-state index in [1.165, 1.54) is 0 Å². The Labute approximate surface area is 99.8 Å². The van der Waals surface area contributed by atoms with Crippen LogP contribution in [-0.4, -0.2) is 15.2 Å². The first-order valence-corrected chi connectivity index (χ1v) is 6.13. The van der Waals surface area contributed by atoms with Crippen LogP contribution in [0.15, 0.2) is 5.03 Å². The Morgan fingerprint density at radius 3 is 2.40 bits per heavy atom. The van der Waals surface area contributed by atoms with E-state index >= 15 is 0 Å². The first-order chi connectivity index (χ1) is 6.91. The quantitative estimate of drug-likeness (QED) is 0.505. The third-order valence-corrected chi connectivity index (χ3v) is 3.93. The molecular formula is C10H16ClN3S. The molecule has 1 aromatic rings. The van der Waals surface area contributed by atoms with Gasteiger partial charge < -0.3 is 5.73 Å². The molecule has 0 aliphatic heterocycles. The summed E-state index contributed by atoms with van der Waals surface area (Å²) in [7, 11) is 0. The number of aromatic nitrogens is 2. The van der Waals surface area contributed by atoms with E-state index in [4.69, 9.17) is 17.3 Å². The molecule has 15 heavy (non-hydrogen) atoms. The number of nitrogens with zero attached hydrogens (tertiary/aromatic N) is 2. The molecule has 0 aliphatic carbocycles. The standard InChI is InChI=1S/C10H16ClN3S/c1-5(2)7(4)15-9-8(12)6(3)13-10(11)14-9/h5,7H,12H2,1-4H3. The van der Waals surface area contributed by atoms with Gasteiger partial charge in [-0.1, -0.05) is 20.8 Å². The summed E-state index contributed by atoms with van der Waals surface area (Å²) < 4.78 is 0. The summed E-state index contributed by atoms with van der Waals surface area (Å²) in [5, 5.41) is 1.51. The predicted octanol–water partition coefficient (Wildman–Crippen LogP) is 3.16. The molecule has 0 aromatic carbocycles. The number of nitrogens with two attached hydrogens (primary N) is 1. The van der Waals surface area contributed by atoms with Crippen LogP contribution in [0.25, 0.3) is 0 Å². The molecule has 0 fully saturated rings. The van der Waals surface area contributed by atoms with Crippen molar-refractivity contribution in [2.24, 2.45) is 5.92 Å². The molecule has 0 saturated carbocycles. The smallest absolute Gasteiger partial charge is 0.223 e. The van der Waals surface area contributed by atoms with Gasteiger partial charge in [-0.2, -0.15) is 0 Å². The van der Waals surface area contributed by atoms with Crippen molar-refractivity contribution in [3.63, 3.8) is 0 Å². The van der Waals surface area contributed by atoms with Gasteiger partial charge in [0.05, 0.1) is 11.4 Å². The van der Waals surface area contributed by atoms with Crippen LogP contribution < -0.4 is 5.73 Å². The van der Waals surface area contributed by atoms with Crippen LogP contribution in [0.2, 0.25) is 5.28 Å². The molecule has 1 atom stereocenters. The molecule has 1 aromatic heterocycles. The average Bonchev–Trinajstić information content (AvgIpc) is 2.13. The van der Waals surface area contributed by atoms with Crippen molar-refractivity contribution in [1.29, 1.82) is 0 Å². The number of hydrogen-bond donors (Lipinski definition) is 1. The zero-order chi connectivity index (χ0) is 11.6. The second-order valence-electron chi connectivity index (χ2n) is 3.86. The summed E-state index contributed by atoms with van der Waals surface area (Å²) in [5.74, 6) is 0.573. The molecule has 1 unspecified atom stereocenters. The van der Waals surface area contributed by atoms with Gasteiger partial charge in [-0.15, -0.1) is 11.8 Å². The summed E-state index contributed by atoms with van der Waals surface area (Å²) in [4.78, 5) is 8.15. The zero-order valence-electron chi connectivity index (χ0n) is 9.41. The Morgan fingerprint density at radius 1 is 1.27 bits per heavy atom. The van der Waals surface area contributed by atoms with Crippen molar-refractivity contribution in [3.8, 4) is 0 Å².